The average molecular weight is 429 g/mol. The van der Waals surface area contributed by atoms with Crippen molar-refractivity contribution in [2.75, 3.05) is 19.4 Å². The third-order valence-corrected chi connectivity index (χ3v) is 5.29. The van der Waals surface area contributed by atoms with Gasteiger partial charge in [0.1, 0.15) is 24.5 Å². The zero-order valence-electron chi connectivity index (χ0n) is 17.3. The number of hydrogen-bond acceptors (Lipinski definition) is 6. The number of halogens is 1. The van der Waals surface area contributed by atoms with E-state index in [0.29, 0.717) is 23.2 Å². The summed E-state index contributed by atoms with van der Waals surface area (Å²) in [4.78, 5) is 37.2. The molecule has 0 fully saturated rings. The van der Waals surface area contributed by atoms with Crippen LogP contribution >= 0.6 is 0 Å². The molecule has 0 bridgehead atoms. The lowest BCUT2D eigenvalue weighted by Gasteiger charge is -2.34. The maximum absolute atomic E-state index is 14.1. The minimum atomic E-state index is -2.18. The van der Waals surface area contributed by atoms with E-state index in [9.17, 15) is 23.9 Å². The number of amides is 2. The number of nitrogens with zero attached hydrogens (tertiary/aromatic N) is 1. The number of rotatable bonds is 9. The molecule has 0 aromatic heterocycles. The van der Waals surface area contributed by atoms with Crippen LogP contribution in [0.25, 0.3) is 0 Å². The van der Waals surface area contributed by atoms with Crippen LogP contribution in [0, 0.1) is 5.82 Å². The minimum absolute atomic E-state index is 0.0726. The van der Waals surface area contributed by atoms with Crippen LogP contribution < -0.4 is 15.4 Å². The molecule has 2 amide bonds. The number of likely N-dealkylation sites (N-methyl/N-ethyl adjacent to an activating group) is 1. The molecule has 164 valence electrons. The summed E-state index contributed by atoms with van der Waals surface area (Å²) in [5.41, 5.74) is -0.374. The van der Waals surface area contributed by atoms with E-state index in [0.717, 1.165) is 10.6 Å². The Bertz CT molecular complexity index is 1010. The van der Waals surface area contributed by atoms with Gasteiger partial charge in [-0.2, -0.15) is 0 Å². The lowest BCUT2D eigenvalue weighted by Crippen LogP contribution is -2.58. The molecule has 31 heavy (non-hydrogen) atoms. The van der Waals surface area contributed by atoms with E-state index in [1.54, 1.807) is 37.4 Å². The third kappa shape index (κ3) is 4.22. The zero-order chi connectivity index (χ0) is 22.6. The van der Waals surface area contributed by atoms with E-state index < -0.39 is 23.4 Å². The molecular formula is C22H24FN3O5. The van der Waals surface area contributed by atoms with Gasteiger partial charge in [0.2, 0.25) is 5.72 Å². The van der Waals surface area contributed by atoms with E-state index in [-0.39, 0.29) is 31.6 Å². The maximum atomic E-state index is 14.1. The van der Waals surface area contributed by atoms with E-state index >= 15 is 0 Å². The quantitative estimate of drug-likeness (QED) is 0.525. The van der Waals surface area contributed by atoms with Crippen LogP contribution in [0.15, 0.2) is 36.4 Å². The fraction of sp³-hybridized carbons (Fsp3) is 0.318. The summed E-state index contributed by atoms with van der Waals surface area (Å²) in [6.45, 7) is -0.164. The van der Waals surface area contributed by atoms with Crippen molar-refractivity contribution in [3.8, 4) is 5.75 Å². The number of hydrogen-bond donors (Lipinski definition) is 3. The van der Waals surface area contributed by atoms with Crippen molar-refractivity contribution in [1.82, 2.24) is 10.2 Å². The Labute approximate surface area is 179 Å². The molecule has 9 heteroatoms. The van der Waals surface area contributed by atoms with Gasteiger partial charge in [-0.3, -0.25) is 14.5 Å². The fourth-order valence-corrected chi connectivity index (χ4v) is 3.57. The molecule has 1 atom stereocenters. The number of fused-ring (bicyclic) bond motifs is 1. The number of carbonyl (C=O) groups is 3. The van der Waals surface area contributed by atoms with Crippen LogP contribution in [0.2, 0.25) is 0 Å². The number of anilines is 1. The number of aldehydes is 1. The van der Waals surface area contributed by atoms with Gasteiger partial charge in [0.15, 0.2) is 0 Å². The summed E-state index contributed by atoms with van der Waals surface area (Å²) in [5.74, 6) is -1.42. The van der Waals surface area contributed by atoms with Crippen LogP contribution in [-0.4, -0.2) is 47.9 Å². The SMILES string of the molecule is CNC(=O)C(O)(CCC=O)N1Cc2c(OCc3cc(NC)ccc3F)cccc2C1=O. The molecule has 0 spiro atoms. The Morgan fingerprint density at radius 2 is 2.10 bits per heavy atom. The van der Waals surface area contributed by atoms with Crippen LogP contribution in [-0.2, 0) is 22.7 Å². The van der Waals surface area contributed by atoms with Crippen molar-refractivity contribution >= 4 is 23.8 Å². The van der Waals surface area contributed by atoms with E-state index in [1.807, 2.05) is 0 Å². The first-order chi connectivity index (χ1) is 14.8. The monoisotopic (exact) mass is 429 g/mol. The molecule has 1 heterocycles. The second-order valence-corrected chi connectivity index (χ2v) is 7.12. The third-order valence-electron chi connectivity index (χ3n) is 5.29. The lowest BCUT2D eigenvalue weighted by atomic mass is 10.0. The molecule has 3 rings (SSSR count). The predicted octanol–water partition coefficient (Wildman–Crippen LogP) is 1.82. The van der Waals surface area contributed by atoms with Gasteiger partial charge < -0.3 is 25.3 Å². The molecule has 0 aliphatic carbocycles. The van der Waals surface area contributed by atoms with Gasteiger partial charge in [0.25, 0.3) is 11.8 Å². The number of benzene rings is 2. The Hall–Kier alpha value is -3.46. The van der Waals surface area contributed by atoms with Crippen molar-refractivity contribution in [1.29, 1.82) is 0 Å². The topological polar surface area (TPSA) is 108 Å². The number of nitrogens with one attached hydrogen (secondary N) is 2. The highest BCUT2D eigenvalue weighted by atomic mass is 19.1. The summed E-state index contributed by atoms with van der Waals surface area (Å²) >= 11 is 0. The zero-order valence-corrected chi connectivity index (χ0v) is 17.3. The molecule has 1 aliphatic rings. The van der Waals surface area contributed by atoms with Gasteiger partial charge in [-0.15, -0.1) is 0 Å². The molecule has 3 N–H and O–H groups in total. The Morgan fingerprint density at radius 3 is 2.77 bits per heavy atom. The fourth-order valence-electron chi connectivity index (χ4n) is 3.57. The Kier molecular flexibility index (Phi) is 6.55. The molecular weight excluding hydrogens is 405 g/mol. The van der Waals surface area contributed by atoms with Gasteiger partial charge >= 0.3 is 0 Å². The second kappa shape index (κ2) is 9.13. The molecule has 1 aliphatic heterocycles. The number of carbonyl (C=O) groups excluding carboxylic acids is 3. The Morgan fingerprint density at radius 1 is 1.32 bits per heavy atom. The molecule has 0 saturated carbocycles. The summed E-state index contributed by atoms with van der Waals surface area (Å²) in [6.07, 6.45) is 0.229. The maximum Gasteiger partial charge on any atom is 0.273 e. The molecule has 8 nitrogen and oxygen atoms in total. The van der Waals surface area contributed by atoms with Crippen molar-refractivity contribution < 1.29 is 28.6 Å². The molecule has 2 aromatic carbocycles. The van der Waals surface area contributed by atoms with E-state index in [2.05, 4.69) is 10.6 Å². The molecule has 1 unspecified atom stereocenters. The van der Waals surface area contributed by atoms with Crippen molar-refractivity contribution in [3.63, 3.8) is 0 Å². The van der Waals surface area contributed by atoms with Gasteiger partial charge in [-0.05, 0) is 30.3 Å². The van der Waals surface area contributed by atoms with E-state index in [1.165, 1.54) is 13.1 Å². The summed E-state index contributed by atoms with van der Waals surface area (Å²) in [6, 6.07) is 9.38. The van der Waals surface area contributed by atoms with Crippen LogP contribution in [0.4, 0.5) is 10.1 Å². The first kappa shape index (κ1) is 22.2. The molecule has 0 saturated heterocycles. The van der Waals surface area contributed by atoms with Crippen molar-refractivity contribution in [2.45, 2.75) is 31.7 Å². The number of aliphatic hydroxyl groups is 1. The highest BCUT2D eigenvalue weighted by molar-refractivity contribution is 6.02. The second-order valence-electron chi connectivity index (χ2n) is 7.12. The minimum Gasteiger partial charge on any atom is -0.488 e. The normalized spacial score (nSPS) is 14.6. The van der Waals surface area contributed by atoms with Crippen LogP contribution in [0.3, 0.4) is 0 Å². The van der Waals surface area contributed by atoms with E-state index in [4.69, 9.17) is 4.74 Å². The van der Waals surface area contributed by atoms with Crippen molar-refractivity contribution in [3.05, 3.63) is 58.9 Å². The van der Waals surface area contributed by atoms with Crippen molar-refractivity contribution in [2.24, 2.45) is 0 Å². The largest absolute Gasteiger partial charge is 0.488 e. The standard InChI is InChI=1S/C22H24FN3O5/c1-24-15-7-8-18(23)14(11-15)13-31-19-6-3-5-16-17(19)12-26(20(16)28)22(30,9-4-10-27)21(29)25-2/h3,5-8,10-11,24,30H,4,9,12-13H2,1-2H3,(H,25,29). The van der Waals surface area contributed by atoms with Crippen LogP contribution in [0.5, 0.6) is 5.75 Å². The molecule has 2 aromatic rings. The first-order valence-corrected chi connectivity index (χ1v) is 9.76. The Balaban J connectivity index is 1.87. The predicted molar refractivity (Wildman–Crippen MR) is 111 cm³/mol. The summed E-state index contributed by atoms with van der Waals surface area (Å²) in [5, 5.41) is 16.3. The molecule has 0 radical (unpaired) electrons. The highest BCUT2D eigenvalue weighted by Gasteiger charge is 2.48. The van der Waals surface area contributed by atoms with Gasteiger partial charge in [0, 0.05) is 49.3 Å². The van der Waals surface area contributed by atoms with Gasteiger partial charge in [0.05, 0.1) is 6.54 Å². The van der Waals surface area contributed by atoms with Gasteiger partial charge in [-0.25, -0.2) is 4.39 Å². The summed E-state index contributed by atoms with van der Waals surface area (Å²) < 4.78 is 19.9. The highest BCUT2D eigenvalue weighted by Crippen LogP contribution is 2.36. The van der Waals surface area contributed by atoms with Crippen LogP contribution in [0.1, 0.15) is 34.3 Å². The summed E-state index contributed by atoms with van der Waals surface area (Å²) in [7, 11) is 3.06. The van der Waals surface area contributed by atoms with Gasteiger partial charge in [-0.1, -0.05) is 6.07 Å². The number of ether oxygens (including phenoxy) is 1. The first-order valence-electron chi connectivity index (χ1n) is 9.76. The smallest absolute Gasteiger partial charge is 0.273 e. The average Bonchev–Trinajstić information content (AvgIpc) is 3.14. The lowest BCUT2D eigenvalue weighted by molar-refractivity contribution is -0.159.